The largest absolute Gasteiger partial charge is 0.491 e. The average molecular weight is 491 g/mol. The smallest absolute Gasteiger partial charge is 0.393 e. The van der Waals surface area contributed by atoms with Crippen LogP contribution in [-0.4, -0.2) is 34.3 Å². The van der Waals surface area contributed by atoms with Gasteiger partial charge >= 0.3 is 6.18 Å². The first-order chi connectivity index (χ1) is 12.8. The number of hydrogen-bond donors (Lipinski definition) is 1. The Bertz CT molecular complexity index is 881. The van der Waals surface area contributed by atoms with E-state index in [9.17, 15) is 18.0 Å². The number of carbonyl (C=O) groups is 1. The molecule has 144 valence electrons. The molecular weight excluding hydrogens is 474 g/mol. The van der Waals surface area contributed by atoms with Gasteiger partial charge in [0.25, 0.3) is 5.91 Å². The molecule has 0 spiro atoms. The fraction of sp³-hybridized carbons (Fsp3) is 0.444. The predicted molar refractivity (Wildman–Crippen MR) is 99.7 cm³/mol. The Kier molecular flexibility index (Phi) is 4.81. The quantitative estimate of drug-likeness (QED) is 0.657. The van der Waals surface area contributed by atoms with Gasteiger partial charge in [0.1, 0.15) is 21.9 Å². The number of nitrogens with zero attached hydrogens (tertiary/aromatic N) is 2. The fourth-order valence-electron chi connectivity index (χ4n) is 3.55. The van der Waals surface area contributed by atoms with Crippen molar-refractivity contribution in [2.45, 2.75) is 38.0 Å². The summed E-state index contributed by atoms with van der Waals surface area (Å²) in [4.78, 5) is 17.0. The molecule has 2 aromatic rings. The number of aromatic nitrogens is 2. The molecule has 1 N–H and O–H groups in total. The Morgan fingerprint density at radius 3 is 2.89 bits per heavy atom. The summed E-state index contributed by atoms with van der Waals surface area (Å²) in [5.74, 6) is -0.423. The van der Waals surface area contributed by atoms with Gasteiger partial charge in [0.05, 0.1) is 12.0 Å². The van der Waals surface area contributed by atoms with Crippen molar-refractivity contribution in [1.82, 2.24) is 14.9 Å². The Morgan fingerprint density at radius 2 is 2.11 bits per heavy atom. The van der Waals surface area contributed by atoms with Gasteiger partial charge in [0.15, 0.2) is 5.69 Å². The first-order valence-electron chi connectivity index (χ1n) is 8.66. The van der Waals surface area contributed by atoms with E-state index in [1.807, 2.05) is 46.9 Å². The third kappa shape index (κ3) is 3.65. The molecule has 3 heterocycles. The number of benzene rings is 1. The average Bonchev–Trinajstić information content (AvgIpc) is 2.97. The molecule has 1 aromatic heterocycles. The summed E-state index contributed by atoms with van der Waals surface area (Å²) in [6.45, 7) is 0.167. The lowest BCUT2D eigenvalue weighted by molar-refractivity contribution is -0.182. The Labute approximate surface area is 167 Å². The summed E-state index contributed by atoms with van der Waals surface area (Å²) in [6.07, 6.45) is -3.37. The maximum Gasteiger partial charge on any atom is 0.393 e. The number of rotatable bonds is 2. The normalized spacial score (nSPS) is 21.8. The van der Waals surface area contributed by atoms with Crippen LogP contribution in [0.3, 0.4) is 0 Å². The molecule has 0 radical (unpaired) electrons. The highest BCUT2D eigenvalue weighted by Gasteiger charge is 2.42. The lowest BCUT2D eigenvalue weighted by Crippen LogP contribution is -2.43. The third-order valence-corrected chi connectivity index (χ3v) is 6.09. The van der Waals surface area contributed by atoms with Crippen LogP contribution in [0, 0.1) is 9.62 Å². The SMILES string of the molecule is O=C(N[C@H]1COc2ccccc2C1)c1nc2n(c1I)CC(C(F)(F)F)CC2. The highest BCUT2D eigenvalue weighted by molar-refractivity contribution is 14.1. The van der Waals surface area contributed by atoms with Gasteiger partial charge < -0.3 is 14.6 Å². The first-order valence-corrected chi connectivity index (χ1v) is 9.74. The molecule has 0 aliphatic carbocycles. The topological polar surface area (TPSA) is 56.1 Å². The number of imidazole rings is 1. The maximum atomic E-state index is 13.0. The molecule has 0 fully saturated rings. The third-order valence-electron chi connectivity index (χ3n) is 5.00. The first kappa shape index (κ1) is 18.6. The summed E-state index contributed by atoms with van der Waals surface area (Å²) < 4.78 is 46.7. The highest BCUT2D eigenvalue weighted by Crippen LogP contribution is 2.35. The van der Waals surface area contributed by atoms with Gasteiger partial charge in [-0.05, 0) is 47.1 Å². The number of alkyl halides is 3. The van der Waals surface area contributed by atoms with Crippen LogP contribution < -0.4 is 10.1 Å². The zero-order valence-corrected chi connectivity index (χ0v) is 16.4. The van der Waals surface area contributed by atoms with Crippen LogP contribution in [0.15, 0.2) is 24.3 Å². The minimum Gasteiger partial charge on any atom is -0.491 e. The molecule has 0 bridgehead atoms. The molecule has 4 rings (SSSR count). The van der Waals surface area contributed by atoms with E-state index >= 15 is 0 Å². The fourth-order valence-corrected chi connectivity index (χ4v) is 4.40. The Hall–Kier alpha value is -1.78. The molecule has 0 saturated heterocycles. The van der Waals surface area contributed by atoms with Crippen molar-refractivity contribution in [1.29, 1.82) is 0 Å². The number of halogens is 4. The molecule has 1 amide bonds. The summed E-state index contributed by atoms with van der Waals surface area (Å²) in [5.41, 5.74) is 1.20. The minimum atomic E-state index is -4.24. The molecule has 1 aromatic carbocycles. The van der Waals surface area contributed by atoms with Crippen LogP contribution in [0.4, 0.5) is 13.2 Å². The van der Waals surface area contributed by atoms with E-state index in [0.717, 1.165) is 11.3 Å². The van der Waals surface area contributed by atoms with E-state index in [4.69, 9.17) is 4.74 Å². The molecule has 9 heteroatoms. The number of amides is 1. The lowest BCUT2D eigenvalue weighted by atomic mass is 9.99. The molecule has 2 aliphatic heterocycles. The molecule has 5 nitrogen and oxygen atoms in total. The van der Waals surface area contributed by atoms with E-state index in [-0.39, 0.29) is 37.0 Å². The van der Waals surface area contributed by atoms with Crippen molar-refractivity contribution in [2.24, 2.45) is 5.92 Å². The minimum absolute atomic E-state index is 0.00486. The van der Waals surface area contributed by atoms with E-state index < -0.39 is 12.1 Å². The van der Waals surface area contributed by atoms with Crippen molar-refractivity contribution in [3.8, 4) is 5.75 Å². The van der Waals surface area contributed by atoms with Crippen LogP contribution in [0.25, 0.3) is 0 Å². The van der Waals surface area contributed by atoms with Crippen molar-refractivity contribution >= 4 is 28.5 Å². The Balaban J connectivity index is 1.49. The van der Waals surface area contributed by atoms with Crippen LogP contribution in [0.1, 0.15) is 28.3 Å². The zero-order valence-electron chi connectivity index (χ0n) is 14.2. The second kappa shape index (κ2) is 6.99. The van der Waals surface area contributed by atoms with E-state index in [0.29, 0.717) is 22.6 Å². The number of hydrogen-bond acceptors (Lipinski definition) is 3. The highest BCUT2D eigenvalue weighted by atomic mass is 127. The molecular formula is C18H17F3IN3O2. The van der Waals surface area contributed by atoms with E-state index in [1.54, 1.807) is 0 Å². The van der Waals surface area contributed by atoms with Crippen LogP contribution in [0.5, 0.6) is 5.75 Å². The van der Waals surface area contributed by atoms with E-state index in [1.165, 1.54) is 4.57 Å². The van der Waals surface area contributed by atoms with Gasteiger partial charge in [-0.2, -0.15) is 13.2 Å². The van der Waals surface area contributed by atoms with E-state index in [2.05, 4.69) is 10.3 Å². The molecule has 27 heavy (non-hydrogen) atoms. The number of carbonyl (C=O) groups excluding carboxylic acids is 1. The van der Waals surface area contributed by atoms with Crippen molar-refractivity contribution in [3.63, 3.8) is 0 Å². The van der Waals surface area contributed by atoms with Gasteiger partial charge in [-0.3, -0.25) is 4.79 Å². The standard InChI is InChI=1S/C18H17F3IN3O2/c19-18(20,21)11-5-6-14-24-15(16(22)25(14)8-11)17(26)23-12-7-10-3-1-2-4-13(10)27-9-12/h1-4,11-12H,5-9H2,(H,23,26)/t11?,12-/m1/s1. The zero-order chi connectivity index (χ0) is 19.2. The summed E-state index contributed by atoms with van der Waals surface area (Å²) >= 11 is 1.91. The van der Waals surface area contributed by atoms with Crippen LogP contribution in [0.2, 0.25) is 0 Å². The molecule has 0 saturated carbocycles. The summed E-state index contributed by atoms with van der Waals surface area (Å²) in [5, 5.41) is 2.90. The lowest BCUT2D eigenvalue weighted by Gasteiger charge is -2.26. The number of aryl methyl sites for hydroxylation is 1. The number of ether oxygens (including phenoxy) is 1. The maximum absolute atomic E-state index is 13.0. The van der Waals surface area contributed by atoms with Crippen LogP contribution in [-0.2, 0) is 19.4 Å². The van der Waals surface area contributed by atoms with Crippen molar-refractivity contribution in [2.75, 3.05) is 6.61 Å². The summed E-state index contributed by atoms with van der Waals surface area (Å²) in [7, 11) is 0. The predicted octanol–water partition coefficient (Wildman–Crippen LogP) is 3.35. The number of fused-ring (bicyclic) bond motifs is 2. The van der Waals surface area contributed by atoms with Gasteiger partial charge in [-0.25, -0.2) is 4.98 Å². The van der Waals surface area contributed by atoms with Crippen molar-refractivity contribution in [3.05, 3.63) is 45.0 Å². The molecule has 2 aliphatic rings. The van der Waals surface area contributed by atoms with Gasteiger partial charge in [0.2, 0.25) is 0 Å². The molecule has 2 atom stereocenters. The van der Waals surface area contributed by atoms with Gasteiger partial charge in [0, 0.05) is 13.0 Å². The van der Waals surface area contributed by atoms with Gasteiger partial charge in [-0.1, -0.05) is 18.2 Å². The molecule has 1 unspecified atom stereocenters. The van der Waals surface area contributed by atoms with Gasteiger partial charge in [-0.15, -0.1) is 0 Å². The van der Waals surface area contributed by atoms with Crippen LogP contribution >= 0.6 is 22.6 Å². The second-order valence-electron chi connectivity index (χ2n) is 6.85. The Morgan fingerprint density at radius 1 is 1.33 bits per heavy atom. The number of nitrogens with one attached hydrogen (secondary N) is 1. The second-order valence-corrected chi connectivity index (χ2v) is 7.87. The number of para-hydroxylation sites is 1. The monoisotopic (exact) mass is 491 g/mol. The van der Waals surface area contributed by atoms with Crippen molar-refractivity contribution < 1.29 is 22.7 Å². The summed E-state index contributed by atoms with van der Waals surface area (Å²) in [6, 6.07) is 7.44.